The van der Waals surface area contributed by atoms with E-state index in [0.29, 0.717) is 0 Å². The molecule has 1 amide bonds. The van der Waals surface area contributed by atoms with Crippen molar-refractivity contribution >= 4 is 28.2 Å². The normalized spacial score (nSPS) is 13.7. The van der Waals surface area contributed by atoms with Gasteiger partial charge in [-0.15, -0.1) is 0 Å². The lowest BCUT2D eigenvalue weighted by Crippen LogP contribution is -2.39. The fourth-order valence-corrected chi connectivity index (χ4v) is 1.87. The van der Waals surface area contributed by atoms with Gasteiger partial charge in [-0.2, -0.15) is 0 Å². The third-order valence-corrected chi connectivity index (χ3v) is 3.41. The van der Waals surface area contributed by atoms with Crippen molar-refractivity contribution in [1.82, 2.24) is 5.32 Å². The second-order valence-electron chi connectivity index (χ2n) is 3.82. The van der Waals surface area contributed by atoms with Gasteiger partial charge < -0.3 is 10.4 Å². The molecule has 1 aromatic rings. The quantitative estimate of drug-likeness (QED) is 0.623. The Kier molecular flexibility index (Phi) is 4.38. The van der Waals surface area contributed by atoms with Crippen LogP contribution < -0.4 is 5.32 Å². The SMILES string of the molecule is CC(NC(=O)c1csc([N+](=O)[O-])c1)C(C)C(=O)O. The van der Waals surface area contributed by atoms with Gasteiger partial charge in [0.15, 0.2) is 0 Å². The molecule has 0 aromatic carbocycles. The number of nitro groups is 1. The van der Waals surface area contributed by atoms with E-state index in [1.807, 2.05) is 0 Å². The maximum absolute atomic E-state index is 11.7. The molecule has 2 atom stereocenters. The van der Waals surface area contributed by atoms with Crippen molar-refractivity contribution in [1.29, 1.82) is 0 Å². The Morgan fingerprint density at radius 1 is 1.50 bits per heavy atom. The molecular weight excluding hydrogens is 260 g/mol. The van der Waals surface area contributed by atoms with Crippen molar-refractivity contribution in [3.05, 3.63) is 27.1 Å². The van der Waals surface area contributed by atoms with Crippen LogP contribution in [0.2, 0.25) is 0 Å². The molecule has 0 saturated carbocycles. The second-order valence-corrected chi connectivity index (χ2v) is 4.71. The summed E-state index contributed by atoms with van der Waals surface area (Å²) in [7, 11) is 0. The van der Waals surface area contributed by atoms with Gasteiger partial charge in [-0.1, -0.05) is 11.3 Å². The third-order valence-electron chi connectivity index (χ3n) is 2.53. The lowest BCUT2D eigenvalue weighted by Gasteiger charge is -2.17. The number of hydrogen-bond acceptors (Lipinski definition) is 5. The van der Waals surface area contributed by atoms with Gasteiger partial charge in [-0.05, 0) is 13.8 Å². The van der Waals surface area contributed by atoms with Crippen LogP contribution in [0.4, 0.5) is 5.00 Å². The molecule has 0 radical (unpaired) electrons. The van der Waals surface area contributed by atoms with Gasteiger partial charge in [0.25, 0.3) is 5.91 Å². The molecule has 98 valence electrons. The molecule has 18 heavy (non-hydrogen) atoms. The fourth-order valence-electron chi connectivity index (χ4n) is 1.17. The first-order valence-corrected chi connectivity index (χ1v) is 5.97. The molecule has 0 aliphatic rings. The summed E-state index contributed by atoms with van der Waals surface area (Å²) < 4.78 is 0. The first-order valence-electron chi connectivity index (χ1n) is 5.09. The van der Waals surface area contributed by atoms with E-state index in [1.54, 1.807) is 6.92 Å². The van der Waals surface area contributed by atoms with E-state index in [1.165, 1.54) is 12.3 Å². The predicted octanol–water partition coefficient (Wildman–Crippen LogP) is 1.50. The molecule has 0 fully saturated rings. The lowest BCUT2D eigenvalue weighted by molar-refractivity contribution is -0.380. The maximum atomic E-state index is 11.7. The van der Waals surface area contributed by atoms with E-state index in [2.05, 4.69) is 5.32 Å². The van der Waals surface area contributed by atoms with Crippen LogP contribution >= 0.6 is 11.3 Å². The maximum Gasteiger partial charge on any atom is 0.324 e. The monoisotopic (exact) mass is 272 g/mol. The Bertz CT molecular complexity index is 484. The molecular formula is C10H12N2O5S. The predicted molar refractivity (Wildman–Crippen MR) is 64.7 cm³/mol. The number of nitrogens with one attached hydrogen (secondary N) is 1. The lowest BCUT2D eigenvalue weighted by atomic mass is 10.0. The summed E-state index contributed by atoms with van der Waals surface area (Å²) in [5.74, 6) is -2.26. The Morgan fingerprint density at radius 2 is 2.11 bits per heavy atom. The summed E-state index contributed by atoms with van der Waals surface area (Å²) in [5.41, 5.74) is 0.163. The number of amides is 1. The average Bonchev–Trinajstić information content (AvgIpc) is 2.76. The van der Waals surface area contributed by atoms with Gasteiger partial charge in [-0.3, -0.25) is 19.7 Å². The number of rotatable bonds is 5. The van der Waals surface area contributed by atoms with Crippen molar-refractivity contribution in [2.24, 2.45) is 5.92 Å². The Morgan fingerprint density at radius 3 is 2.56 bits per heavy atom. The minimum atomic E-state index is -1.01. The zero-order chi connectivity index (χ0) is 13.9. The number of nitrogens with zero attached hydrogens (tertiary/aromatic N) is 1. The Hall–Kier alpha value is -1.96. The van der Waals surface area contributed by atoms with E-state index in [0.717, 1.165) is 17.4 Å². The first kappa shape index (κ1) is 14.1. The van der Waals surface area contributed by atoms with E-state index in [4.69, 9.17) is 5.11 Å². The molecule has 0 saturated heterocycles. The number of carbonyl (C=O) groups excluding carboxylic acids is 1. The smallest absolute Gasteiger partial charge is 0.324 e. The van der Waals surface area contributed by atoms with Crippen LogP contribution in [0.5, 0.6) is 0 Å². The summed E-state index contributed by atoms with van der Waals surface area (Å²) >= 11 is 0.852. The highest BCUT2D eigenvalue weighted by molar-refractivity contribution is 7.13. The van der Waals surface area contributed by atoms with Gasteiger partial charge in [0.1, 0.15) is 0 Å². The van der Waals surface area contributed by atoms with Crippen molar-refractivity contribution in [3.8, 4) is 0 Å². The minimum Gasteiger partial charge on any atom is -0.481 e. The van der Waals surface area contributed by atoms with Crippen LogP contribution in [0.3, 0.4) is 0 Å². The van der Waals surface area contributed by atoms with Crippen LogP contribution in [-0.4, -0.2) is 27.9 Å². The molecule has 1 heterocycles. The molecule has 0 aliphatic carbocycles. The van der Waals surface area contributed by atoms with E-state index >= 15 is 0 Å². The number of carboxylic acids is 1. The van der Waals surface area contributed by atoms with Gasteiger partial charge >= 0.3 is 11.0 Å². The van der Waals surface area contributed by atoms with Crippen molar-refractivity contribution in [2.45, 2.75) is 19.9 Å². The number of thiophene rings is 1. The van der Waals surface area contributed by atoms with E-state index in [9.17, 15) is 19.7 Å². The number of carboxylic acid groups (broad SMARTS) is 1. The molecule has 2 N–H and O–H groups in total. The molecule has 0 spiro atoms. The van der Waals surface area contributed by atoms with Crippen LogP contribution in [0.25, 0.3) is 0 Å². The highest BCUT2D eigenvalue weighted by atomic mass is 32.1. The largest absolute Gasteiger partial charge is 0.481 e. The van der Waals surface area contributed by atoms with E-state index in [-0.39, 0.29) is 10.6 Å². The molecule has 8 heteroatoms. The number of carbonyl (C=O) groups is 2. The van der Waals surface area contributed by atoms with E-state index < -0.39 is 28.8 Å². The topological polar surface area (TPSA) is 110 Å². The fraction of sp³-hybridized carbons (Fsp3) is 0.400. The number of hydrogen-bond donors (Lipinski definition) is 2. The van der Waals surface area contributed by atoms with Crippen molar-refractivity contribution in [3.63, 3.8) is 0 Å². The highest BCUT2D eigenvalue weighted by Gasteiger charge is 2.22. The Balaban J connectivity index is 2.70. The van der Waals surface area contributed by atoms with Crippen molar-refractivity contribution < 1.29 is 19.6 Å². The standard InChI is InChI=1S/C10H12N2O5S/c1-5(10(14)15)6(2)11-9(13)7-3-8(12(16)17)18-4-7/h3-6H,1-2H3,(H,11,13)(H,14,15). The van der Waals surface area contributed by atoms with Crippen molar-refractivity contribution in [2.75, 3.05) is 0 Å². The molecule has 1 rings (SSSR count). The first-order chi connectivity index (χ1) is 8.32. The highest BCUT2D eigenvalue weighted by Crippen LogP contribution is 2.22. The number of aliphatic carboxylic acids is 1. The van der Waals surface area contributed by atoms with Gasteiger partial charge in [0, 0.05) is 17.5 Å². The van der Waals surface area contributed by atoms with Crippen LogP contribution in [0.1, 0.15) is 24.2 Å². The molecule has 0 bridgehead atoms. The zero-order valence-corrected chi connectivity index (χ0v) is 10.6. The summed E-state index contributed by atoms with van der Waals surface area (Å²) in [6, 6.07) is 0.604. The zero-order valence-electron chi connectivity index (χ0n) is 9.75. The van der Waals surface area contributed by atoms with Crippen LogP contribution in [-0.2, 0) is 4.79 Å². The van der Waals surface area contributed by atoms with Crippen LogP contribution in [0, 0.1) is 16.0 Å². The summed E-state index contributed by atoms with van der Waals surface area (Å²) in [6.45, 7) is 3.04. The molecule has 0 aliphatic heterocycles. The minimum absolute atomic E-state index is 0.126. The Labute approximate surface area is 107 Å². The molecule has 1 aromatic heterocycles. The van der Waals surface area contributed by atoms with Gasteiger partial charge in [-0.25, -0.2) is 0 Å². The third kappa shape index (κ3) is 3.27. The summed E-state index contributed by atoms with van der Waals surface area (Å²) in [5, 5.41) is 23.0. The van der Waals surface area contributed by atoms with Crippen LogP contribution in [0.15, 0.2) is 11.4 Å². The van der Waals surface area contributed by atoms with Gasteiger partial charge in [0.2, 0.25) is 0 Å². The average molecular weight is 272 g/mol. The molecule has 2 unspecified atom stereocenters. The summed E-state index contributed by atoms with van der Waals surface area (Å²) in [6.07, 6.45) is 0. The van der Waals surface area contributed by atoms with Gasteiger partial charge in [0.05, 0.1) is 16.4 Å². The second kappa shape index (κ2) is 5.58. The summed E-state index contributed by atoms with van der Waals surface area (Å²) in [4.78, 5) is 32.3. The molecule has 7 nitrogen and oxygen atoms in total.